The van der Waals surface area contributed by atoms with Crippen LogP contribution in [0.4, 0.5) is 0 Å². The van der Waals surface area contributed by atoms with Gasteiger partial charge >= 0.3 is 0 Å². The van der Waals surface area contributed by atoms with Gasteiger partial charge in [0.25, 0.3) is 0 Å². The summed E-state index contributed by atoms with van der Waals surface area (Å²) >= 11 is 4.81. The number of halogens is 1. The molecule has 0 amide bonds. The van der Waals surface area contributed by atoms with E-state index in [2.05, 4.69) is 15.9 Å². The summed E-state index contributed by atoms with van der Waals surface area (Å²) < 4.78 is 6.60. The van der Waals surface area contributed by atoms with Gasteiger partial charge in [-0.2, -0.15) is 0 Å². The highest BCUT2D eigenvalue weighted by Crippen LogP contribution is 2.27. The third-order valence-electron chi connectivity index (χ3n) is 2.73. The van der Waals surface area contributed by atoms with Crippen molar-refractivity contribution in [2.45, 2.75) is 18.9 Å². The number of hydrogen-bond acceptors (Lipinski definition) is 3. The Hall–Kier alpha value is -1.13. The molecule has 1 aliphatic carbocycles. The average Bonchev–Trinajstić information content (AvgIpc) is 3.09. The highest BCUT2D eigenvalue weighted by molar-refractivity contribution is 9.10. The lowest BCUT2D eigenvalue weighted by Gasteiger charge is -2.04. The Morgan fingerprint density at radius 1 is 1.28 bits per heavy atom. The largest absolute Gasteiger partial charge is 0.490 e. The molecule has 4 heteroatoms. The quantitative estimate of drug-likeness (QED) is 0.785. The lowest BCUT2D eigenvalue weighted by molar-refractivity contribution is 0.104. The van der Waals surface area contributed by atoms with E-state index < -0.39 is 0 Å². The van der Waals surface area contributed by atoms with Crippen molar-refractivity contribution in [1.29, 1.82) is 0 Å². The molecule has 0 spiro atoms. The monoisotopic (exact) mass is 322 g/mol. The molecular formula is C14H11BrO2S. The van der Waals surface area contributed by atoms with Gasteiger partial charge < -0.3 is 4.74 Å². The summed E-state index contributed by atoms with van der Waals surface area (Å²) in [6, 6.07) is 9.24. The molecule has 0 radical (unpaired) electrons. The zero-order valence-electron chi connectivity index (χ0n) is 9.56. The Labute approximate surface area is 118 Å². The molecule has 1 fully saturated rings. The molecule has 1 aliphatic rings. The first-order valence-electron chi connectivity index (χ1n) is 5.78. The Kier molecular flexibility index (Phi) is 3.22. The first-order valence-corrected chi connectivity index (χ1v) is 7.45. The molecule has 0 N–H and O–H groups in total. The third kappa shape index (κ3) is 2.65. The molecule has 0 saturated heterocycles. The second-order valence-electron chi connectivity index (χ2n) is 4.30. The van der Waals surface area contributed by atoms with Crippen molar-refractivity contribution in [3.05, 3.63) is 50.6 Å². The van der Waals surface area contributed by atoms with E-state index in [4.69, 9.17) is 4.74 Å². The smallest absolute Gasteiger partial charge is 0.202 e. The van der Waals surface area contributed by atoms with Crippen molar-refractivity contribution in [3.8, 4) is 5.75 Å². The predicted molar refractivity (Wildman–Crippen MR) is 75.5 cm³/mol. The van der Waals surface area contributed by atoms with E-state index in [1.54, 1.807) is 0 Å². The van der Waals surface area contributed by atoms with Crippen molar-refractivity contribution in [1.82, 2.24) is 0 Å². The summed E-state index contributed by atoms with van der Waals surface area (Å²) in [7, 11) is 0. The Bertz CT molecular complexity index is 570. The normalized spacial score (nSPS) is 14.5. The number of carbonyl (C=O) groups is 1. The maximum Gasteiger partial charge on any atom is 0.202 e. The number of benzene rings is 1. The van der Waals surface area contributed by atoms with Crippen molar-refractivity contribution >= 4 is 33.0 Å². The van der Waals surface area contributed by atoms with Crippen LogP contribution >= 0.6 is 27.3 Å². The second kappa shape index (κ2) is 4.86. The zero-order valence-corrected chi connectivity index (χ0v) is 12.0. The van der Waals surface area contributed by atoms with E-state index >= 15 is 0 Å². The van der Waals surface area contributed by atoms with Crippen LogP contribution in [0.25, 0.3) is 0 Å². The third-order valence-corrected chi connectivity index (χ3v) is 4.42. The fourth-order valence-electron chi connectivity index (χ4n) is 1.64. The minimum Gasteiger partial charge on any atom is -0.490 e. The van der Waals surface area contributed by atoms with E-state index in [9.17, 15) is 4.79 Å². The first-order chi connectivity index (χ1) is 8.72. The number of ketones is 1. The van der Waals surface area contributed by atoms with Gasteiger partial charge in [0.2, 0.25) is 5.78 Å². The van der Waals surface area contributed by atoms with Gasteiger partial charge in [-0.05, 0) is 59.1 Å². The molecular weight excluding hydrogens is 312 g/mol. The second-order valence-corrected chi connectivity index (χ2v) is 6.13. The van der Waals surface area contributed by atoms with Crippen LogP contribution in [-0.2, 0) is 0 Å². The zero-order chi connectivity index (χ0) is 12.5. The average molecular weight is 323 g/mol. The lowest BCUT2D eigenvalue weighted by atomic mass is 10.1. The summed E-state index contributed by atoms with van der Waals surface area (Å²) in [6.45, 7) is 0. The van der Waals surface area contributed by atoms with Gasteiger partial charge in [-0.25, -0.2) is 0 Å². The van der Waals surface area contributed by atoms with E-state index in [-0.39, 0.29) is 5.78 Å². The number of hydrogen-bond donors (Lipinski definition) is 0. The van der Waals surface area contributed by atoms with Gasteiger partial charge in [0.15, 0.2) is 0 Å². The Morgan fingerprint density at radius 3 is 2.56 bits per heavy atom. The van der Waals surface area contributed by atoms with Crippen LogP contribution in [0.3, 0.4) is 0 Å². The standard InChI is InChI=1S/C14H11BrO2S/c15-10-7-13(18-8-10)14(16)9-1-3-11(4-2-9)17-12-5-6-12/h1-4,7-8,12H,5-6H2. The first kappa shape index (κ1) is 11.9. The van der Waals surface area contributed by atoms with Crippen LogP contribution in [0.15, 0.2) is 40.2 Å². The molecule has 1 heterocycles. The van der Waals surface area contributed by atoms with Crippen LogP contribution in [0.5, 0.6) is 5.75 Å². The molecule has 0 aliphatic heterocycles. The minimum absolute atomic E-state index is 0.0590. The molecule has 1 aromatic carbocycles. The van der Waals surface area contributed by atoms with Crippen LogP contribution in [0.2, 0.25) is 0 Å². The van der Waals surface area contributed by atoms with E-state index in [0.717, 1.165) is 27.9 Å². The maximum absolute atomic E-state index is 12.2. The molecule has 1 saturated carbocycles. The molecule has 1 aromatic heterocycles. The summed E-state index contributed by atoms with van der Waals surface area (Å²) in [5.41, 5.74) is 0.701. The van der Waals surface area contributed by atoms with Gasteiger partial charge in [0.05, 0.1) is 11.0 Å². The van der Waals surface area contributed by atoms with Crippen molar-refractivity contribution in [2.24, 2.45) is 0 Å². The van der Waals surface area contributed by atoms with Crippen LogP contribution in [-0.4, -0.2) is 11.9 Å². The van der Waals surface area contributed by atoms with E-state index in [0.29, 0.717) is 11.7 Å². The van der Waals surface area contributed by atoms with Crippen molar-refractivity contribution in [3.63, 3.8) is 0 Å². The Morgan fingerprint density at radius 2 is 2.00 bits per heavy atom. The number of thiophene rings is 1. The fraction of sp³-hybridized carbons (Fsp3) is 0.214. The van der Waals surface area contributed by atoms with Crippen LogP contribution in [0, 0.1) is 0 Å². The van der Waals surface area contributed by atoms with Gasteiger partial charge in [0, 0.05) is 15.4 Å². The number of rotatable bonds is 4. The van der Waals surface area contributed by atoms with Gasteiger partial charge in [-0.1, -0.05) is 0 Å². The van der Waals surface area contributed by atoms with Crippen LogP contribution in [0.1, 0.15) is 28.1 Å². The summed E-state index contributed by atoms with van der Waals surface area (Å²) in [5, 5.41) is 1.91. The fourth-order valence-corrected chi connectivity index (χ4v) is 3.03. The topological polar surface area (TPSA) is 26.3 Å². The lowest BCUT2D eigenvalue weighted by Crippen LogP contribution is -2.00. The van der Waals surface area contributed by atoms with E-state index in [1.807, 2.05) is 35.7 Å². The highest BCUT2D eigenvalue weighted by Gasteiger charge is 2.23. The molecule has 2 aromatic rings. The Balaban J connectivity index is 1.77. The molecule has 92 valence electrons. The van der Waals surface area contributed by atoms with E-state index in [1.165, 1.54) is 11.3 Å². The SMILES string of the molecule is O=C(c1ccc(OC2CC2)cc1)c1cc(Br)cs1. The predicted octanol–water partition coefficient (Wildman–Crippen LogP) is 4.28. The van der Waals surface area contributed by atoms with Crippen molar-refractivity contribution in [2.75, 3.05) is 0 Å². The number of carbonyl (C=O) groups excluding carboxylic acids is 1. The minimum atomic E-state index is 0.0590. The molecule has 0 atom stereocenters. The highest BCUT2D eigenvalue weighted by atomic mass is 79.9. The molecule has 0 unspecified atom stereocenters. The number of ether oxygens (including phenoxy) is 1. The van der Waals surface area contributed by atoms with Gasteiger partial charge in [-0.15, -0.1) is 11.3 Å². The summed E-state index contributed by atoms with van der Waals surface area (Å²) in [6.07, 6.45) is 2.67. The van der Waals surface area contributed by atoms with Crippen LogP contribution < -0.4 is 4.74 Å². The summed E-state index contributed by atoms with van der Waals surface area (Å²) in [5.74, 6) is 0.907. The van der Waals surface area contributed by atoms with Gasteiger partial charge in [0.1, 0.15) is 5.75 Å². The maximum atomic E-state index is 12.2. The van der Waals surface area contributed by atoms with Gasteiger partial charge in [-0.3, -0.25) is 4.79 Å². The molecule has 3 rings (SSSR count). The summed E-state index contributed by atoms with van der Waals surface area (Å²) in [4.78, 5) is 12.9. The molecule has 18 heavy (non-hydrogen) atoms. The van der Waals surface area contributed by atoms with Crippen molar-refractivity contribution < 1.29 is 9.53 Å². The molecule has 0 bridgehead atoms. The molecule has 2 nitrogen and oxygen atoms in total.